The topological polar surface area (TPSA) is 94.2 Å². The molecule has 0 saturated heterocycles. The SMILES string of the molecule is COC(=O)N1C=CCC(C2C(C(=O)OC(C)C)=C(C)NC(C)=C2C(=O)OC(C)C)=C1. The van der Waals surface area contributed by atoms with E-state index in [-0.39, 0.29) is 12.2 Å². The third-order valence-electron chi connectivity index (χ3n) is 4.57. The van der Waals surface area contributed by atoms with E-state index in [1.807, 2.05) is 0 Å². The van der Waals surface area contributed by atoms with Crippen LogP contribution in [0.4, 0.5) is 4.79 Å². The molecule has 164 valence electrons. The molecule has 0 aromatic carbocycles. The maximum absolute atomic E-state index is 13.0. The molecule has 8 heteroatoms. The first-order chi connectivity index (χ1) is 14.1. The molecular weight excluding hydrogens is 388 g/mol. The lowest BCUT2D eigenvalue weighted by Crippen LogP contribution is -2.36. The fourth-order valence-electron chi connectivity index (χ4n) is 3.45. The molecule has 0 unspecified atom stereocenters. The Morgan fingerprint density at radius 1 is 1.00 bits per heavy atom. The summed E-state index contributed by atoms with van der Waals surface area (Å²) in [5, 5.41) is 3.11. The van der Waals surface area contributed by atoms with Gasteiger partial charge in [0, 0.05) is 29.7 Å². The molecule has 0 bridgehead atoms. The van der Waals surface area contributed by atoms with Gasteiger partial charge in [-0.2, -0.15) is 0 Å². The predicted molar refractivity (Wildman–Crippen MR) is 111 cm³/mol. The lowest BCUT2D eigenvalue weighted by Gasteiger charge is -2.33. The van der Waals surface area contributed by atoms with Crippen molar-refractivity contribution in [3.05, 3.63) is 46.6 Å². The van der Waals surface area contributed by atoms with Crippen molar-refractivity contribution in [2.24, 2.45) is 5.92 Å². The highest BCUT2D eigenvalue weighted by molar-refractivity contribution is 5.99. The van der Waals surface area contributed by atoms with Crippen molar-refractivity contribution in [1.29, 1.82) is 0 Å². The van der Waals surface area contributed by atoms with Crippen molar-refractivity contribution in [3.63, 3.8) is 0 Å². The number of dihydropyridines is 1. The number of carbonyl (C=O) groups is 3. The Bertz CT molecular complexity index is 804. The highest BCUT2D eigenvalue weighted by Crippen LogP contribution is 2.39. The van der Waals surface area contributed by atoms with Crippen LogP contribution in [0.3, 0.4) is 0 Å². The number of rotatable bonds is 5. The minimum Gasteiger partial charge on any atom is -0.460 e. The number of nitrogens with zero attached hydrogens (tertiary/aromatic N) is 1. The number of amides is 1. The van der Waals surface area contributed by atoms with E-state index in [1.54, 1.807) is 60.0 Å². The quantitative estimate of drug-likeness (QED) is 0.539. The highest BCUT2D eigenvalue weighted by Gasteiger charge is 2.40. The molecule has 2 aliphatic heterocycles. The molecule has 30 heavy (non-hydrogen) atoms. The fraction of sp³-hybridized carbons (Fsp3) is 0.500. The standard InChI is InChI=1S/C22H30N2O6/c1-12(2)29-20(25)17-14(5)23-15(6)18(21(26)30-13(3)4)19(17)16-9-8-10-24(11-16)22(27)28-7/h8,10-13,19,23H,9H2,1-7H3. The number of hydrogen-bond acceptors (Lipinski definition) is 7. The van der Waals surface area contributed by atoms with Crippen molar-refractivity contribution < 1.29 is 28.6 Å². The Kier molecular flexibility index (Phi) is 7.48. The van der Waals surface area contributed by atoms with Gasteiger partial charge in [-0.05, 0) is 53.5 Å². The summed E-state index contributed by atoms with van der Waals surface area (Å²) in [5.41, 5.74) is 2.48. The van der Waals surface area contributed by atoms with Crippen molar-refractivity contribution >= 4 is 18.0 Å². The van der Waals surface area contributed by atoms with Crippen LogP contribution >= 0.6 is 0 Å². The second kappa shape index (κ2) is 9.65. The highest BCUT2D eigenvalue weighted by atomic mass is 16.5. The van der Waals surface area contributed by atoms with Gasteiger partial charge in [0.05, 0.1) is 30.5 Å². The summed E-state index contributed by atoms with van der Waals surface area (Å²) in [4.78, 5) is 39.3. The van der Waals surface area contributed by atoms with Gasteiger partial charge in [0.15, 0.2) is 0 Å². The summed E-state index contributed by atoms with van der Waals surface area (Å²) in [7, 11) is 1.29. The third kappa shape index (κ3) is 5.11. The number of ether oxygens (including phenoxy) is 3. The van der Waals surface area contributed by atoms with Crippen LogP contribution in [0.15, 0.2) is 46.6 Å². The second-order valence-corrected chi connectivity index (χ2v) is 7.71. The number of methoxy groups -OCH3 is 1. The summed E-state index contributed by atoms with van der Waals surface area (Å²) in [5.74, 6) is -1.77. The van der Waals surface area contributed by atoms with Crippen LogP contribution in [0, 0.1) is 5.92 Å². The number of allylic oxidation sites excluding steroid dienone is 4. The summed E-state index contributed by atoms with van der Waals surface area (Å²) in [6.07, 6.45) is 4.16. The van der Waals surface area contributed by atoms with Crippen LogP contribution in [0.5, 0.6) is 0 Å². The van der Waals surface area contributed by atoms with Crippen LogP contribution < -0.4 is 5.32 Å². The third-order valence-corrected chi connectivity index (χ3v) is 4.57. The largest absolute Gasteiger partial charge is 0.460 e. The minimum atomic E-state index is -0.721. The molecule has 0 atom stereocenters. The Morgan fingerprint density at radius 2 is 1.50 bits per heavy atom. The first-order valence-corrected chi connectivity index (χ1v) is 9.90. The molecule has 0 fully saturated rings. The molecular formula is C22H30N2O6. The zero-order valence-corrected chi connectivity index (χ0v) is 18.6. The number of esters is 2. The molecule has 0 saturated carbocycles. The van der Waals surface area contributed by atoms with Gasteiger partial charge < -0.3 is 19.5 Å². The molecule has 0 radical (unpaired) electrons. The van der Waals surface area contributed by atoms with Crippen LogP contribution in [0.1, 0.15) is 48.0 Å². The summed E-state index contributed by atoms with van der Waals surface area (Å²) < 4.78 is 15.7. The molecule has 0 aliphatic carbocycles. The Labute approximate surface area is 177 Å². The average Bonchev–Trinajstić information content (AvgIpc) is 2.65. The van der Waals surface area contributed by atoms with Gasteiger partial charge in [-0.15, -0.1) is 0 Å². The van der Waals surface area contributed by atoms with E-state index in [0.717, 1.165) is 0 Å². The summed E-state index contributed by atoms with van der Waals surface area (Å²) in [6, 6.07) is 0. The molecule has 1 amide bonds. The molecule has 8 nitrogen and oxygen atoms in total. The van der Waals surface area contributed by atoms with Gasteiger partial charge in [-0.3, -0.25) is 4.90 Å². The van der Waals surface area contributed by atoms with Crippen LogP contribution in [0.2, 0.25) is 0 Å². The van der Waals surface area contributed by atoms with Gasteiger partial charge in [0.25, 0.3) is 0 Å². The molecule has 0 aromatic heterocycles. The van der Waals surface area contributed by atoms with Gasteiger partial charge >= 0.3 is 18.0 Å². The fourth-order valence-corrected chi connectivity index (χ4v) is 3.45. The maximum Gasteiger partial charge on any atom is 0.417 e. The van der Waals surface area contributed by atoms with E-state index < -0.39 is 23.9 Å². The van der Waals surface area contributed by atoms with Crippen molar-refractivity contribution in [3.8, 4) is 0 Å². The van der Waals surface area contributed by atoms with Gasteiger partial charge in [0.2, 0.25) is 0 Å². The van der Waals surface area contributed by atoms with Gasteiger partial charge in [-0.25, -0.2) is 14.4 Å². The van der Waals surface area contributed by atoms with E-state index >= 15 is 0 Å². The Balaban J connectivity index is 2.61. The zero-order chi connectivity index (χ0) is 22.6. The smallest absolute Gasteiger partial charge is 0.417 e. The second-order valence-electron chi connectivity index (χ2n) is 7.71. The zero-order valence-electron chi connectivity index (χ0n) is 18.6. The van der Waals surface area contributed by atoms with E-state index in [1.165, 1.54) is 12.0 Å². The molecule has 0 aromatic rings. The normalized spacial score (nSPS) is 17.2. The van der Waals surface area contributed by atoms with Gasteiger partial charge in [-0.1, -0.05) is 6.08 Å². The van der Waals surface area contributed by atoms with Crippen LogP contribution in [-0.4, -0.2) is 42.2 Å². The lowest BCUT2D eigenvalue weighted by atomic mass is 9.78. The predicted octanol–water partition coefficient (Wildman–Crippen LogP) is 3.53. The van der Waals surface area contributed by atoms with Crippen molar-refractivity contribution in [1.82, 2.24) is 10.2 Å². The van der Waals surface area contributed by atoms with Crippen molar-refractivity contribution in [2.75, 3.05) is 7.11 Å². The number of hydrogen-bond donors (Lipinski definition) is 1. The van der Waals surface area contributed by atoms with E-state index in [2.05, 4.69) is 5.32 Å². The van der Waals surface area contributed by atoms with E-state index in [0.29, 0.717) is 34.5 Å². The number of nitrogens with one attached hydrogen (secondary N) is 1. The Hall–Kier alpha value is -3.03. The lowest BCUT2D eigenvalue weighted by molar-refractivity contribution is -0.144. The molecule has 2 heterocycles. The summed E-state index contributed by atoms with van der Waals surface area (Å²) in [6.45, 7) is 10.6. The molecule has 2 rings (SSSR count). The monoisotopic (exact) mass is 418 g/mol. The first-order valence-electron chi connectivity index (χ1n) is 9.90. The minimum absolute atomic E-state index is 0.316. The average molecular weight is 418 g/mol. The molecule has 1 N–H and O–H groups in total. The summed E-state index contributed by atoms with van der Waals surface area (Å²) >= 11 is 0. The first kappa shape index (κ1) is 23.3. The Morgan fingerprint density at radius 3 is 1.93 bits per heavy atom. The maximum atomic E-state index is 13.0. The molecule has 0 spiro atoms. The van der Waals surface area contributed by atoms with Crippen LogP contribution in [0.25, 0.3) is 0 Å². The van der Waals surface area contributed by atoms with Crippen molar-refractivity contribution in [2.45, 2.75) is 60.2 Å². The van der Waals surface area contributed by atoms with E-state index in [9.17, 15) is 14.4 Å². The number of carbonyl (C=O) groups excluding carboxylic acids is 3. The van der Waals surface area contributed by atoms with E-state index in [4.69, 9.17) is 14.2 Å². The van der Waals surface area contributed by atoms with Crippen LogP contribution in [-0.2, 0) is 23.8 Å². The van der Waals surface area contributed by atoms with Gasteiger partial charge in [0.1, 0.15) is 0 Å². The molecule has 2 aliphatic rings.